The second-order valence-electron chi connectivity index (χ2n) is 8.41. The number of nitrogens with one attached hydrogen (secondary N) is 3. The molecule has 0 bridgehead atoms. The van der Waals surface area contributed by atoms with Gasteiger partial charge in [-0.15, -0.1) is 0 Å². The molecular formula is C26H22ClN5O3. The highest BCUT2D eigenvalue weighted by atomic mass is 35.5. The van der Waals surface area contributed by atoms with E-state index in [2.05, 4.69) is 20.6 Å². The number of aromatic amines is 1. The number of carbonyl (C=O) groups is 3. The number of rotatable bonds is 5. The lowest BCUT2D eigenvalue weighted by Gasteiger charge is -2.34. The topological polar surface area (TPSA) is 107 Å². The van der Waals surface area contributed by atoms with E-state index in [4.69, 9.17) is 11.6 Å². The molecule has 2 aromatic heterocycles. The van der Waals surface area contributed by atoms with Crippen molar-refractivity contribution >= 4 is 51.7 Å². The van der Waals surface area contributed by atoms with Crippen LogP contribution in [-0.2, 0) is 16.0 Å². The minimum atomic E-state index is -0.822. The Hall–Kier alpha value is -4.17. The Morgan fingerprint density at radius 1 is 1.11 bits per heavy atom. The molecule has 0 fully saturated rings. The molecule has 1 atom stereocenters. The number of H-pyrrole nitrogens is 1. The first-order valence-corrected chi connectivity index (χ1v) is 11.5. The Kier molecular flexibility index (Phi) is 5.96. The van der Waals surface area contributed by atoms with E-state index in [1.165, 1.54) is 4.90 Å². The Labute approximate surface area is 206 Å². The molecule has 5 rings (SSSR count). The standard InChI is InChI=1S/C26H22ClN5O3/c1-15-5-4-8-23(28-15)31-24(33)14-32-22-7-3-2-6-16(22)12-21(26(32)35)30-25(34)20-13-17-11-18(27)9-10-19(17)29-20/h2-11,13,21,29H,12,14H2,1H3,(H,30,34)(H,28,31,33). The van der Waals surface area contributed by atoms with Crippen molar-refractivity contribution in [2.24, 2.45) is 0 Å². The number of fused-ring (bicyclic) bond motifs is 2. The van der Waals surface area contributed by atoms with Crippen LogP contribution >= 0.6 is 11.6 Å². The van der Waals surface area contributed by atoms with Crippen molar-refractivity contribution in [2.75, 3.05) is 16.8 Å². The van der Waals surface area contributed by atoms with Crippen molar-refractivity contribution < 1.29 is 14.4 Å². The number of anilines is 2. The molecule has 3 N–H and O–H groups in total. The lowest BCUT2D eigenvalue weighted by atomic mass is 9.97. The van der Waals surface area contributed by atoms with E-state index < -0.39 is 11.9 Å². The van der Waals surface area contributed by atoms with Gasteiger partial charge in [-0.3, -0.25) is 14.4 Å². The van der Waals surface area contributed by atoms with Gasteiger partial charge < -0.3 is 20.5 Å². The molecule has 1 unspecified atom stereocenters. The van der Waals surface area contributed by atoms with Crippen LogP contribution in [0.1, 0.15) is 21.7 Å². The van der Waals surface area contributed by atoms with Crippen LogP contribution in [0.2, 0.25) is 5.02 Å². The van der Waals surface area contributed by atoms with E-state index in [1.54, 1.807) is 42.5 Å². The van der Waals surface area contributed by atoms with Crippen LogP contribution in [0.15, 0.2) is 66.7 Å². The predicted molar refractivity (Wildman–Crippen MR) is 135 cm³/mol. The zero-order valence-corrected chi connectivity index (χ0v) is 19.6. The molecule has 3 amide bonds. The maximum atomic E-state index is 13.4. The number of aromatic nitrogens is 2. The predicted octanol–water partition coefficient (Wildman–Crippen LogP) is 3.85. The number of benzene rings is 2. The number of amides is 3. The first-order chi connectivity index (χ1) is 16.9. The fourth-order valence-corrected chi connectivity index (χ4v) is 4.42. The molecule has 0 saturated carbocycles. The first-order valence-electron chi connectivity index (χ1n) is 11.1. The molecule has 8 nitrogen and oxygen atoms in total. The van der Waals surface area contributed by atoms with Crippen molar-refractivity contribution in [3.63, 3.8) is 0 Å². The van der Waals surface area contributed by atoms with Crippen LogP contribution in [-0.4, -0.2) is 40.3 Å². The summed E-state index contributed by atoms with van der Waals surface area (Å²) in [5.41, 5.74) is 3.37. The number of pyridine rings is 1. The van der Waals surface area contributed by atoms with E-state index in [9.17, 15) is 14.4 Å². The van der Waals surface area contributed by atoms with Crippen LogP contribution in [0.4, 0.5) is 11.5 Å². The summed E-state index contributed by atoms with van der Waals surface area (Å²) >= 11 is 6.05. The third kappa shape index (κ3) is 4.74. The number of para-hydroxylation sites is 1. The van der Waals surface area contributed by atoms with Crippen molar-refractivity contribution in [2.45, 2.75) is 19.4 Å². The van der Waals surface area contributed by atoms with E-state index >= 15 is 0 Å². The SMILES string of the molecule is Cc1cccc(NC(=O)CN2C(=O)C(NC(=O)c3cc4cc(Cl)ccc4[nH]3)Cc3ccccc32)n1. The Bertz CT molecular complexity index is 1460. The highest BCUT2D eigenvalue weighted by Gasteiger charge is 2.35. The third-order valence-electron chi connectivity index (χ3n) is 5.86. The Balaban J connectivity index is 1.36. The van der Waals surface area contributed by atoms with Crippen LogP contribution in [0.5, 0.6) is 0 Å². The maximum absolute atomic E-state index is 13.4. The fraction of sp³-hybridized carbons (Fsp3) is 0.154. The molecule has 0 radical (unpaired) electrons. The van der Waals surface area contributed by atoms with Gasteiger partial charge in [0.15, 0.2) is 0 Å². The van der Waals surface area contributed by atoms with Crippen molar-refractivity contribution in [1.82, 2.24) is 15.3 Å². The van der Waals surface area contributed by atoms with Crippen molar-refractivity contribution in [3.05, 3.63) is 88.7 Å². The second-order valence-corrected chi connectivity index (χ2v) is 8.85. The molecular weight excluding hydrogens is 466 g/mol. The van der Waals surface area contributed by atoms with Gasteiger partial charge in [-0.1, -0.05) is 35.9 Å². The first kappa shape index (κ1) is 22.6. The number of halogens is 1. The fourth-order valence-electron chi connectivity index (χ4n) is 4.24. The van der Waals surface area contributed by atoms with Gasteiger partial charge in [-0.25, -0.2) is 4.98 Å². The lowest BCUT2D eigenvalue weighted by molar-refractivity contribution is -0.123. The molecule has 0 aliphatic carbocycles. The molecule has 35 heavy (non-hydrogen) atoms. The number of nitrogens with zero attached hydrogens (tertiary/aromatic N) is 2. The molecule has 0 saturated heterocycles. The smallest absolute Gasteiger partial charge is 0.268 e. The largest absolute Gasteiger partial charge is 0.351 e. The summed E-state index contributed by atoms with van der Waals surface area (Å²) < 4.78 is 0. The van der Waals surface area contributed by atoms with E-state index in [0.29, 0.717) is 28.6 Å². The molecule has 2 aromatic carbocycles. The minimum Gasteiger partial charge on any atom is -0.351 e. The van der Waals surface area contributed by atoms with Gasteiger partial charge in [0, 0.05) is 33.7 Å². The van der Waals surface area contributed by atoms with E-state index in [0.717, 1.165) is 22.2 Å². The van der Waals surface area contributed by atoms with Gasteiger partial charge in [-0.2, -0.15) is 0 Å². The lowest BCUT2D eigenvalue weighted by Crippen LogP contribution is -2.54. The molecule has 1 aliphatic rings. The summed E-state index contributed by atoms with van der Waals surface area (Å²) in [7, 11) is 0. The van der Waals surface area contributed by atoms with Gasteiger partial charge in [0.2, 0.25) is 11.8 Å². The zero-order valence-electron chi connectivity index (χ0n) is 18.8. The maximum Gasteiger partial charge on any atom is 0.268 e. The molecule has 4 aromatic rings. The quantitative estimate of drug-likeness (QED) is 0.397. The number of aryl methyl sites for hydroxylation is 1. The monoisotopic (exact) mass is 487 g/mol. The zero-order chi connectivity index (χ0) is 24.5. The summed E-state index contributed by atoms with van der Waals surface area (Å²) in [6.45, 7) is 1.62. The van der Waals surface area contributed by atoms with Crippen LogP contribution in [0.25, 0.3) is 10.9 Å². The van der Waals surface area contributed by atoms with Gasteiger partial charge in [0.1, 0.15) is 24.1 Å². The summed E-state index contributed by atoms with van der Waals surface area (Å²) in [6.07, 6.45) is 0.324. The normalized spacial score (nSPS) is 15.1. The number of hydrogen-bond donors (Lipinski definition) is 3. The Morgan fingerprint density at radius 3 is 2.77 bits per heavy atom. The summed E-state index contributed by atoms with van der Waals surface area (Å²) in [6, 6.07) is 18.8. The van der Waals surface area contributed by atoms with Gasteiger partial charge in [-0.05, 0) is 55.0 Å². The highest BCUT2D eigenvalue weighted by molar-refractivity contribution is 6.31. The summed E-state index contributed by atoms with van der Waals surface area (Å²) in [5.74, 6) is -0.741. The van der Waals surface area contributed by atoms with E-state index in [-0.39, 0.29) is 18.4 Å². The number of carbonyl (C=O) groups excluding carboxylic acids is 3. The molecule has 0 spiro atoms. The van der Waals surface area contributed by atoms with Crippen molar-refractivity contribution in [1.29, 1.82) is 0 Å². The average Bonchev–Trinajstić information content (AvgIpc) is 3.25. The molecule has 3 heterocycles. The third-order valence-corrected chi connectivity index (χ3v) is 6.10. The van der Waals surface area contributed by atoms with E-state index in [1.807, 2.05) is 31.2 Å². The van der Waals surface area contributed by atoms with Gasteiger partial charge in [0.05, 0.1) is 0 Å². The van der Waals surface area contributed by atoms with Crippen LogP contribution in [0, 0.1) is 6.92 Å². The molecule has 176 valence electrons. The van der Waals surface area contributed by atoms with Gasteiger partial charge in [0.25, 0.3) is 5.91 Å². The highest BCUT2D eigenvalue weighted by Crippen LogP contribution is 2.28. The average molecular weight is 488 g/mol. The number of hydrogen-bond acceptors (Lipinski definition) is 4. The Morgan fingerprint density at radius 2 is 1.94 bits per heavy atom. The van der Waals surface area contributed by atoms with Crippen molar-refractivity contribution in [3.8, 4) is 0 Å². The van der Waals surface area contributed by atoms with Crippen LogP contribution < -0.4 is 15.5 Å². The van der Waals surface area contributed by atoms with Crippen LogP contribution in [0.3, 0.4) is 0 Å². The summed E-state index contributed by atoms with van der Waals surface area (Å²) in [5, 5.41) is 6.92. The molecule has 9 heteroatoms. The second kappa shape index (κ2) is 9.23. The minimum absolute atomic E-state index is 0.206. The summed E-state index contributed by atoms with van der Waals surface area (Å²) in [4.78, 5) is 47.9. The van der Waals surface area contributed by atoms with Gasteiger partial charge >= 0.3 is 0 Å². The molecule has 1 aliphatic heterocycles.